The number of nitrogens with zero attached hydrogens (tertiary/aromatic N) is 1. The number of hydrogen-bond acceptors (Lipinski definition) is 5. The third-order valence-corrected chi connectivity index (χ3v) is 6.52. The molecule has 0 saturated heterocycles. The summed E-state index contributed by atoms with van der Waals surface area (Å²) >= 11 is 1.56. The van der Waals surface area contributed by atoms with Crippen molar-refractivity contribution in [3.63, 3.8) is 0 Å². The summed E-state index contributed by atoms with van der Waals surface area (Å²) in [6, 6.07) is 15.8. The molecule has 0 aliphatic heterocycles. The maximum atomic E-state index is 12.6. The van der Waals surface area contributed by atoms with Gasteiger partial charge in [-0.15, -0.1) is 11.3 Å². The second-order valence-electron chi connectivity index (χ2n) is 7.91. The summed E-state index contributed by atoms with van der Waals surface area (Å²) in [7, 11) is 1.65. The molecule has 0 radical (unpaired) electrons. The number of benzene rings is 2. The molecule has 5 nitrogen and oxygen atoms in total. The minimum absolute atomic E-state index is 0.0531. The van der Waals surface area contributed by atoms with Gasteiger partial charge < -0.3 is 14.8 Å². The van der Waals surface area contributed by atoms with E-state index in [1.807, 2.05) is 60.8 Å². The number of rotatable bonds is 8. The van der Waals surface area contributed by atoms with Crippen LogP contribution in [-0.4, -0.2) is 24.1 Å². The van der Waals surface area contributed by atoms with E-state index < -0.39 is 0 Å². The molecule has 1 aliphatic carbocycles. The minimum Gasteiger partial charge on any atom is -0.493 e. The van der Waals surface area contributed by atoms with Gasteiger partial charge in [-0.2, -0.15) is 0 Å². The summed E-state index contributed by atoms with van der Waals surface area (Å²) in [5.41, 5.74) is 2.83. The largest absolute Gasteiger partial charge is 0.493 e. The van der Waals surface area contributed by atoms with Crippen molar-refractivity contribution >= 4 is 17.2 Å². The van der Waals surface area contributed by atoms with E-state index in [0.717, 1.165) is 40.4 Å². The lowest BCUT2D eigenvalue weighted by molar-refractivity contribution is -0.121. The van der Waals surface area contributed by atoms with Crippen molar-refractivity contribution in [2.24, 2.45) is 0 Å². The first kappa shape index (κ1) is 21.4. The van der Waals surface area contributed by atoms with Crippen LogP contribution in [0.4, 0.5) is 0 Å². The molecular weight excluding hydrogens is 408 g/mol. The average molecular weight is 437 g/mol. The number of aromatic nitrogens is 1. The van der Waals surface area contributed by atoms with Gasteiger partial charge >= 0.3 is 0 Å². The van der Waals surface area contributed by atoms with Gasteiger partial charge in [-0.3, -0.25) is 4.79 Å². The van der Waals surface area contributed by atoms with Gasteiger partial charge in [-0.25, -0.2) is 4.98 Å². The van der Waals surface area contributed by atoms with E-state index in [9.17, 15) is 4.79 Å². The smallest absolute Gasteiger partial charge is 0.226 e. The van der Waals surface area contributed by atoms with Crippen LogP contribution in [0.5, 0.6) is 11.5 Å². The molecule has 3 aromatic rings. The lowest BCUT2D eigenvalue weighted by atomic mass is 10.1. The Labute approximate surface area is 187 Å². The number of ether oxygens (including phenoxy) is 2. The van der Waals surface area contributed by atoms with Crippen LogP contribution >= 0.6 is 11.3 Å². The summed E-state index contributed by atoms with van der Waals surface area (Å²) in [4.78, 5) is 17.2. The zero-order chi connectivity index (χ0) is 21.6. The highest BCUT2D eigenvalue weighted by atomic mass is 32.1. The molecule has 1 saturated carbocycles. The predicted molar refractivity (Wildman–Crippen MR) is 124 cm³/mol. The molecule has 162 valence electrons. The van der Waals surface area contributed by atoms with E-state index in [-0.39, 0.29) is 24.5 Å². The van der Waals surface area contributed by atoms with Crippen molar-refractivity contribution in [3.05, 3.63) is 65.2 Å². The van der Waals surface area contributed by atoms with Gasteiger partial charge in [0.05, 0.1) is 31.4 Å². The fourth-order valence-corrected chi connectivity index (χ4v) is 4.70. The SMILES string of the molecule is COc1cc(C(C)NC(=O)Cc2csc(-c3ccccc3)n2)ccc1OC1CCCC1. The fourth-order valence-electron chi connectivity index (χ4n) is 3.88. The normalized spacial score (nSPS) is 14.9. The lowest BCUT2D eigenvalue weighted by Gasteiger charge is -2.19. The van der Waals surface area contributed by atoms with E-state index in [1.165, 1.54) is 12.8 Å². The first-order valence-corrected chi connectivity index (χ1v) is 11.6. The summed E-state index contributed by atoms with van der Waals surface area (Å²) in [6.07, 6.45) is 5.17. The Balaban J connectivity index is 1.36. The van der Waals surface area contributed by atoms with Gasteiger partial charge in [0.25, 0.3) is 0 Å². The molecule has 0 spiro atoms. The second-order valence-corrected chi connectivity index (χ2v) is 8.77. The highest BCUT2D eigenvalue weighted by Gasteiger charge is 2.20. The zero-order valence-electron chi connectivity index (χ0n) is 18.0. The highest BCUT2D eigenvalue weighted by molar-refractivity contribution is 7.13. The van der Waals surface area contributed by atoms with Gasteiger partial charge in [0.2, 0.25) is 5.91 Å². The lowest BCUT2D eigenvalue weighted by Crippen LogP contribution is -2.28. The zero-order valence-corrected chi connectivity index (χ0v) is 18.8. The molecule has 1 aromatic heterocycles. The van der Waals surface area contributed by atoms with Gasteiger partial charge in [-0.05, 0) is 50.3 Å². The Morgan fingerprint density at radius 1 is 1.16 bits per heavy atom. The van der Waals surface area contributed by atoms with Crippen molar-refractivity contribution in [1.82, 2.24) is 10.3 Å². The van der Waals surface area contributed by atoms with Crippen LogP contribution in [0, 0.1) is 0 Å². The first-order valence-electron chi connectivity index (χ1n) is 10.8. The molecule has 2 aromatic carbocycles. The first-order chi connectivity index (χ1) is 15.1. The van der Waals surface area contributed by atoms with Crippen molar-refractivity contribution in [2.75, 3.05) is 7.11 Å². The van der Waals surface area contributed by atoms with E-state index >= 15 is 0 Å². The van der Waals surface area contributed by atoms with Crippen LogP contribution in [0.15, 0.2) is 53.9 Å². The molecule has 1 amide bonds. The maximum absolute atomic E-state index is 12.6. The fraction of sp³-hybridized carbons (Fsp3) is 0.360. The Morgan fingerprint density at radius 2 is 1.94 bits per heavy atom. The van der Waals surface area contributed by atoms with Crippen molar-refractivity contribution < 1.29 is 14.3 Å². The summed E-state index contributed by atoms with van der Waals surface area (Å²) in [5, 5.41) is 5.95. The molecule has 1 heterocycles. The number of carbonyl (C=O) groups excluding carboxylic acids is 1. The van der Waals surface area contributed by atoms with Gasteiger partial charge in [0.1, 0.15) is 5.01 Å². The molecule has 31 heavy (non-hydrogen) atoms. The Bertz CT molecular complexity index is 1010. The van der Waals surface area contributed by atoms with E-state index in [0.29, 0.717) is 5.75 Å². The second kappa shape index (κ2) is 9.96. The minimum atomic E-state index is -0.144. The van der Waals surface area contributed by atoms with Crippen LogP contribution in [0.3, 0.4) is 0 Å². The molecule has 4 rings (SSSR count). The molecule has 1 unspecified atom stereocenters. The number of amides is 1. The third kappa shape index (κ3) is 5.44. The standard InChI is InChI=1S/C25H28N2O3S/c1-17(19-12-13-22(23(14-19)29-2)30-21-10-6-7-11-21)26-24(28)15-20-16-31-25(27-20)18-8-4-3-5-9-18/h3-5,8-9,12-14,16-17,21H,6-7,10-11,15H2,1-2H3,(H,26,28). The van der Waals surface area contributed by atoms with E-state index in [2.05, 4.69) is 10.3 Å². The summed E-state index contributed by atoms with van der Waals surface area (Å²) in [6.45, 7) is 1.97. The average Bonchev–Trinajstić information content (AvgIpc) is 3.47. The number of thiazole rings is 1. The topological polar surface area (TPSA) is 60.5 Å². The van der Waals surface area contributed by atoms with Crippen molar-refractivity contribution in [2.45, 2.75) is 51.2 Å². The molecule has 1 atom stereocenters. The molecule has 1 aliphatic rings. The van der Waals surface area contributed by atoms with Crippen molar-refractivity contribution in [3.8, 4) is 22.1 Å². The molecule has 1 N–H and O–H groups in total. The van der Waals surface area contributed by atoms with Crippen LogP contribution in [0.2, 0.25) is 0 Å². The van der Waals surface area contributed by atoms with Crippen LogP contribution in [-0.2, 0) is 11.2 Å². The number of nitrogens with one attached hydrogen (secondary N) is 1. The monoisotopic (exact) mass is 436 g/mol. The van der Waals surface area contributed by atoms with Crippen LogP contribution < -0.4 is 14.8 Å². The Hall–Kier alpha value is -2.86. The van der Waals surface area contributed by atoms with Gasteiger partial charge in [-0.1, -0.05) is 36.4 Å². The summed E-state index contributed by atoms with van der Waals surface area (Å²) < 4.78 is 11.7. The predicted octanol–water partition coefficient (Wildman–Crippen LogP) is 5.56. The summed E-state index contributed by atoms with van der Waals surface area (Å²) in [5.74, 6) is 1.42. The van der Waals surface area contributed by atoms with Gasteiger partial charge in [0.15, 0.2) is 11.5 Å². The molecule has 0 bridgehead atoms. The van der Waals surface area contributed by atoms with E-state index in [1.54, 1.807) is 18.4 Å². The maximum Gasteiger partial charge on any atom is 0.226 e. The van der Waals surface area contributed by atoms with Gasteiger partial charge in [0, 0.05) is 10.9 Å². The molecule has 6 heteroatoms. The molecule has 1 fully saturated rings. The Morgan fingerprint density at radius 3 is 2.68 bits per heavy atom. The quantitative estimate of drug-likeness (QED) is 0.502. The van der Waals surface area contributed by atoms with Crippen LogP contribution in [0.1, 0.15) is 49.9 Å². The molecular formula is C25H28N2O3S. The Kier molecular flexibility index (Phi) is 6.87. The number of carbonyl (C=O) groups is 1. The highest BCUT2D eigenvalue weighted by Crippen LogP contribution is 2.33. The van der Waals surface area contributed by atoms with E-state index in [4.69, 9.17) is 9.47 Å². The number of methoxy groups -OCH3 is 1. The third-order valence-electron chi connectivity index (χ3n) is 5.58. The van der Waals surface area contributed by atoms with Crippen molar-refractivity contribution in [1.29, 1.82) is 0 Å². The number of hydrogen-bond donors (Lipinski definition) is 1. The van der Waals surface area contributed by atoms with Crippen LogP contribution in [0.25, 0.3) is 10.6 Å².